The van der Waals surface area contributed by atoms with Gasteiger partial charge in [-0.1, -0.05) is 25.5 Å². The Hall–Kier alpha value is -0.920. The summed E-state index contributed by atoms with van der Waals surface area (Å²) in [5, 5.41) is 0. The molecule has 1 heterocycles. The van der Waals surface area contributed by atoms with Crippen molar-refractivity contribution in [3.8, 4) is 0 Å². The van der Waals surface area contributed by atoms with E-state index < -0.39 is 25.9 Å². The monoisotopic (exact) mass is 331 g/mol. The number of rotatable bonds is 6. The van der Waals surface area contributed by atoms with Crippen LogP contribution in [0, 0.1) is 0 Å². The molecule has 1 saturated heterocycles. The normalized spacial score (nSPS) is 21.5. The van der Waals surface area contributed by atoms with Gasteiger partial charge in [0, 0.05) is 6.04 Å². The maximum Gasteiger partial charge on any atom is 0.240 e. The molecule has 0 radical (unpaired) electrons. The Balaban J connectivity index is 2.06. The zero-order chi connectivity index (χ0) is 15.5. The predicted molar refractivity (Wildman–Crippen MR) is 82.4 cm³/mol. The van der Waals surface area contributed by atoms with Crippen molar-refractivity contribution >= 4 is 19.9 Å². The van der Waals surface area contributed by atoms with E-state index in [9.17, 15) is 16.8 Å². The average Bonchev–Trinajstić information content (AvgIpc) is 2.75. The molecule has 0 unspecified atom stereocenters. The third-order valence-corrected chi connectivity index (χ3v) is 6.91. The van der Waals surface area contributed by atoms with Crippen LogP contribution in [0.3, 0.4) is 0 Å². The maximum absolute atomic E-state index is 12.2. The summed E-state index contributed by atoms with van der Waals surface area (Å²) in [7, 11) is -6.74. The first-order valence-electron chi connectivity index (χ1n) is 7.14. The minimum Gasteiger partial charge on any atom is -0.229 e. The van der Waals surface area contributed by atoms with Crippen molar-refractivity contribution in [1.29, 1.82) is 0 Å². The van der Waals surface area contributed by atoms with Crippen LogP contribution in [-0.4, -0.2) is 34.4 Å². The molecule has 0 amide bonds. The van der Waals surface area contributed by atoms with Gasteiger partial charge in [-0.2, -0.15) is 0 Å². The lowest BCUT2D eigenvalue weighted by molar-refractivity contribution is 0.562. The van der Waals surface area contributed by atoms with Gasteiger partial charge in [0.2, 0.25) is 10.0 Å². The van der Waals surface area contributed by atoms with Crippen LogP contribution in [0.4, 0.5) is 0 Å². The lowest BCUT2D eigenvalue weighted by Crippen LogP contribution is -2.35. The first-order chi connectivity index (χ1) is 9.82. The number of benzene rings is 1. The zero-order valence-electron chi connectivity index (χ0n) is 12.1. The molecule has 1 N–H and O–H groups in total. The summed E-state index contributed by atoms with van der Waals surface area (Å²) in [5.41, 5.74) is 1.11. The highest BCUT2D eigenvalue weighted by Crippen LogP contribution is 2.17. The standard InChI is InChI=1S/C14H21NO4S2/c1-2-3-4-12-5-7-14(8-6-12)21(18,19)15-13-9-10-20(16,17)11-13/h5-8,13,15H,2-4,9-11H2,1H3/t13-/m0/s1. The maximum atomic E-state index is 12.2. The van der Waals surface area contributed by atoms with E-state index in [1.807, 2.05) is 12.1 Å². The zero-order valence-corrected chi connectivity index (χ0v) is 13.7. The molecule has 0 saturated carbocycles. The lowest BCUT2D eigenvalue weighted by atomic mass is 10.1. The summed E-state index contributed by atoms with van der Waals surface area (Å²) < 4.78 is 49.7. The Morgan fingerprint density at radius 3 is 2.43 bits per heavy atom. The molecule has 1 atom stereocenters. The van der Waals surface area contributed by atoms with Crippen LogP contribution in [0.2, 0.25) is 0 Å². The molecule has 5 nitrogen and oxygen atoms in total. The Labute approximate surface area is 126 Å². The smallest absolute Gasteiger partial charge is 0.229 e. The Morgan fingerprint density at radius 1 is 1.24 bits per heavy atom. The Morgan fingerprint density at radius 2 is 1.90 bits per heavy atom. The topological polar surface area (TPSA) is 80.3 Å². The first-order valence-corrected chi connectivity index (χ1v) is 10.4. The molecule has 0 aromatic heterocycles. The molecule has 21 heavy (non-hydrogen) atoms. The quantitative estimate of drug-likeness (QED) is 0.856. The molecule has 1 aromatic carbocycles. The number of sulfone groups is 1. The molecule has 0 aliphatic carbocycles. The number of hydrogen-bond acceptors (Lipinski definition) is 4. The van der Waals surface area contributed by atoms with Gasteiger partial charge in [0.25, 0.3) is 0 Å². The summed E-state index contributed by atoms with van der Waals surface area (Å²) in [6.45, 7) is 2.11. The van der Waals surface area contributed by atoms with Gasteiger partial charge in [0.15, 0.2) is 9.84 Å². The van der Waals surface area contributed by atoms with E-state index in [0.29, 0.717) is 6.42 Å². The van der Waals surface area contributed by atoms with Gasteiger partial charge in [-0.25, -0.2) is 21.6 Å². The molecule has 118 valence electrons. The van der Waals surface area contributed by atoms with Gasteiger partial charge in [0.1, 0.15) is 0 Å². The SMILES string of the molecule is CCCCc1ccc(S(=O)(=O)N[C@H]2CCS(=O)(=O)C2)cc1. The van der Waals surface area contributed by atoms with Gasteiger partial charge in [0.05, 0.1) is 16.4 Å². The van der Waals surface area contributed by atoms with Crippen molar-refractivity contribution < 1.29 is 16.8 Å². The van der Waals surface area contributed by atoms with Crippen LogP contribution in [0.25, 0.3) is 0 Å². The molecule has 1 aliphatic heterocycles. The molecular weight excluding hydrogens is 310 g/mol. The van der Waals surface area contributed by atoms with Gasteiger partial charge in [-0.15, -0.1) is 0 Å². The number of aryl methyl sites for hydroxylation is 1. The summed E-state index contributed by atoms with van der Waals surface area (Å²) in [6.07, 6.45) is 3.45. The van der Waals surface area contributed by atoms with E-state index in [0.717, 1.165) is 24.8 Å². The Kier molecular flexibility index (Phi) is 5.06. The molecule has 0 spiro atoms. The van der Waals surface area contributed by atoms with E-state index in [4.69, 9.17) is 0 Å². The minimum absolute atomic E-state index is 0.0517. The van der Waals surface area contributed by atoms with Crippen LogP contribution in [-0.2, 0) is 26.3 Å². The highest BCUT2D eigenvalue weighted by molar-refractivity contribution is 7.92. The summed E-state index contributed by atoms with van der Waals surface area (Å²) in [6, 6.07) is 6.28. The van der Waals surface area contributed by atoms with Crippen molar-refractivity contribution in [2.75, 3.05) is 11.5 Å². The Bertz CT molecular complexity index is 678. The van der Waals surface area contributed by atoms with E-state index >= 15 is 0 Å². The third kappa shape index (κ3) is 4.52. The second-order valence-corrected chi connectivity index (χ2v) is 9.41. The fourth-order valence-corrected chi connectivity index (χ4v) is 5.44. The largest absolute Gasteiger partial charge is 0.240 e. The fourth-order valence-electron chi connectivity index (χ4n) is 2.39. The summed E-state index contributed by atoms with van der Waals surface area (Å²) >= 11 is 0. The number of nitrogens with one attached hydrogen (secondary N) is 1. The second kappa shape index (κ2) is 6.46. The van der Waals surface area contributed by atoms with Crippen LogP contribution in [0.5, 0.6) is 0 Å². The highest BCUT2D eigenvalue weighted by Gasteiger charge is 2.31. The average molecular weight is 331 g/mol. The van der Waals surface area contributed by atoms with Crippen molar-refractivity contribution in [3.05, 3.63) is 29.8 Å². The lowest BCUT2D eigenvalue weighted by Gasteiger charge is -2.12. The molecular formula is C14H21NO4S2. The van der Waals surface area contributed by atoms with E-state index in [2.05, 4.69) is 11.6 Å². The molecule has 1 fully saturated rings. The fraction of sp³-hybridized carbons (Fsp3) is 0.571. The van der Waals surface area contributed by atoms with Crippen molar-refractivity contribution in [2.45, 2.75) is 43.5 Å². The van der Waals surface area contributed by atoms with E-state index in [1.165, 1.54) is 0 Å². The van der Waals surface area contributed by atoms with Crippen molar-refractivity contribution in [3.63, 3.8) is 0 Å². The van der Waals surface area contributed by atoms with Gasteiger partial charge >= 0.3 is 0 Å². The number of hydrogen-bond donors (Lipinski definition) is 1. The molecule has 2 rings (SSSR count). The van der Waals surface area contributed by atoms with Crippen LogP contribution >= 0.6 is 0 Å². The van der Waals surface area contributed by atoms with Gasteiger partial charge in [-0.05, 0) is 37.0 Å². The first kappa shape index (κ1) is 16.5. The minimum atomic E-state index is -3.65. The third-order valence-electron chi connectivity index (χ3n) is 3.61. The van der Waals surface area contributed by atoms with Gasteiger partial charge < -0.3 is 0 Å². The summed E-state index contributed by atoms with van der Waals surface area (Å²) in [4.78, 5) is 0.187. The summed E-state index contributed by atoms with van der Waals surface area (Å²) in [5.74, 6) is -0.0586. The molecule has 7 heteroatoms. The second-order valence-electron chi connectivity index (χ2n) is 5.47. The molecule has 1 aromatic rings. The number of sulfonamides is 1. The predicted octanol–water partition coefficient (Wildman–Crippen LogP) is 1.49. The van der Waals surface area contributed by atoms with Crippen molar-refractivity contribution in [1.82, 2.24) is 4.72 Å². The van der Waals surface area contributed by atoms with Crippen molar-refractivity contribution in [2.24, 2.45) is 0 Å². The van der Waals surface area contributed by atoms with Crippen LogP contribution in [0.1, 0.15) is 31.7 Å². The van der Waals surface area contributed by atoms with E-state index in [-0.39, 0.29) is 16.4 Å². The highest BCUT2D eigenvalue weighted by atomic mass is 32.2. The van der Waals surface area contributed by atoms with Crippen LogP contribution < -0.4 is 4.72 Å². The molecule has 1 aliphatic rings. The molecule has 0 bridgehead atoms. The van der Waals surface area contributed by atoms with Crippen LogP contribution in [0.15, 0.2) is 29.2 Å². The number of unbranched alkanes of at least 4 members (excludes halogenated alkanes) is 1. The van der Waals surface area contributed by atoms with E-state index in [1.54, 1.807) is 12.1 Å². The van der Waals surface area contributed by atoms with Gasteiger partial charge in [-0.3, -0.25) is 0 Å².